The number of halogens is 1. The van der Waals surface area contributed by atoms with Crippen molar-refractivity contribution in [2.75, 3.05) is 29.9 Å². The molecule has 1 aromatic carbocycles. The second kappa shape index (κ2) is 7.66. The number of hydrogen-bond donors (Lipinski definition) is 2. The highest BCUT2D eigenvalue weighted by Crippen LogP contribution is 2.35. The van der Waals surface area contributed by atoms with Crippen LogP contribution in [-0.4, -0.2) is 45.9 Å². The zero-order valence-corrected chi connectivity index (χ0v) is 12.9. The Bertz CT molecular complexity index is 602. The van der Waals surface area contributed by atoms with E-state index in [9.17, 15) is 25.0 Å². The number of nitro groups is 2. The van der Waals surface area contributed by atoms with Crippen molar-refractivity contribution < 1.29 is 19.7 Å². The summed E-state index contributed by atoms with van der Waals surface area (Å²) in [7, 11) is 0. The van der Waals surface area contributed by atoms with E-state index in [-0.39, 0.29) is 25.4 Å². The number of benzene rings is 1. The molecule has 0 unspecified atom stereocenters. The standard InChI is InChI=1S/C11H13BrN4O6/c12-1-2-14(3-4-17)9-5-7(11(13)18)8(15(19)20)6-10(9)16(21)22/h5-6,17H,1-4H2,(H2,13,18). The first-order chi connectivity index (χ1) is 10.3. The van der Waals surface area contributed by atoms with E-state index in [0.717, 1.165) is 6.07 Å². The van der Waals surface area contributed by atoms with Gasteiger partial charge in [-0.25, -0.2) is 0 Å². The van der Waals surface area contributed by atoms with Crippen LogP contribution in [0.2, 0.25) is 0 Å². The third-order valence-electron chi connectivity index (χ3n) is 2.82. The molecule has 11 heteroatoms. The number of rotatable bonds is 8. The Balaban J connectivity index is 3.59. The summed E-state index contributed by atoms with van der Waals surface area (Å²) in [5.41, 5.74) is 3.39. The average Bonchev–Trinajstić information content (AvgIpc) is 2.45. The quantitative estimate of drug-likeness (QED) is 0.386. The first kappa shape index (κ1) is 17.8. The molecule has 0 aliphatic carbocycles. The van der Waals surface area contributed by atoms with Gasteiger partial charge >= 0.3 is 0 Å². The minimum Gasteiger partial charge on any atom is -0.395 e. The molecule has 0 radical (unpaired) electrons. The molecule has 1 aromatic rings. The molecule has 0 atom stereocenters. The van der Waals surface area contributed by atoms with Crippen LogP contribution >= 0.6 is 15.9 Å². The number of carbonyl (C=O) groups excluding carboxylic acids is 1. The predicted molar refractivity (Wildman–Crippen MR) is 81.4 cm³/mol. The molecular formula is C11H13BrN4O6. The molecule has 3 N–H and O–H groups in total. The van der Waals surface area contributed by atoms with Crippen LogP contribution in [-0.2, 0) is 0 Å². The lowest BCUT2D eigenvalue weighted by Crippen LogP contribution is -2.29. The van der Waals surface area contributed by atoms with E-state index in [1.807, 2.05) is 0 Å². The van der Waals surface area contributed by atoms with Crippen molar-refractivity contribution in [3.8, 4) is 0 Å². The molecule has 0 aromatic heterocycles. The van der Waals surface area contributed by atoms with Crippen molar-refractivity contribution in [1.29, 1.82) is 0 Å². The fourth-order valence-electron chi connectivity index (χ4n) is 1.89. The Morgan fingerprint density at radius 3 is 2.23 bits per heavy atom. The monoisotopic (exact) mass is 376 g/mol. The smallest absolute Gasteiger partial charge is 0.299 e. The minimum atomic E-state index is -1.06. The summed E-state index contributed by atoms with van der Waals surface area (Å²) in [5.74, 6) is -1.06. The number of alkyl halides is 1. The van der Waals surface area contributed by atoms with Crippen LogP contribution in [0, 0.1) is 20.2 Å². The average molecular weight is 377 g/mol. The summed E-state index contributed by atoms with van der Waals surface area (Å²) < 4.78 is 0. The number of aliphatic hydroxyl groups excluding tert-OH is 1. The Morgan fingerprint density at radius 2 is 1.82 bits per heavy atom. The van der Waals surface area contributed by atoms with E-state index in [0.29, 0.717) is 11.4 Å². The van der Waals surface area contributed by atoms with Crippen LogP contribution in [0.4, 0.5) is 17.1 Å². The normalized spacial score (nSPS) is 10.3. The van der Waals surface area contributed by atoms with Crippen LogP contribution in [0.3, 0.4) is 0 Å². The third kappa shape index (κ3) is 3.89. The van der Waals surface area contributed by atoms with Crippen LogP contribution in [0.5, 0.6) is 0 Å². The molecule has 1 amide bonds. The number of carbonyl (C=O) groups is 1. The van der Waals surface area contributed by atoms with Gasteiger partial charge in [-0.2, -0.15) is 0 Å². The maximum absolute atomic E-state index is 11.4. The Hall–Kier alpha value is -2.27. The van der Waals surface area contributed by atoms with E-state index in [4.69, 9.17) is 10.8 Å². The van der Waals surface area contributed by atoms with Crippen LogP contribution in [0.25, 0.3) is 0 Å². The van der Waals surface area contributed by atoms with Gasteiger partial charge in [-0.05, 0) is 6.07 Å². The molecule has 0 saturated carbocycles. The molecule has 0 fully saturated rings. The topological polar surface area (TPSA) is 153 Å². The number of anilines is 1. The summed E-state index contributed by atoms with van der Waals surface area (Å²) >= 11 is 3.17. The van der Waals surface area contributed by atoms with E-state index in [2.05, 4.69) is 15.9 Å². The fraction of sp³-hybridized carbons (Fsp3) is 0.364. The number of nitro benzene ring substituents is 2. The van der Waals surface area contributed by atoms with Crippen molar-refractivity contribution in [1.82, 2.24) is 0 Å². The number of hydrogen-bond acceptors (Lipinski definition) is 7. The zero-order valence-electron chi connectivity index (χ0n) is 11.3. The SMILES string of the molecule is NC(=O)c1cc(N(CCO)CCBr)c([N+](=O)[O-])cc1[N+](=O)[O-]. The van der Waals surface area contributed by atoms with Gasteiger partial charge in [-0.15, -0.1) is 0 Å². The number of primary amides is 1. The van der Waals surface area contributed by atoms with Crippen LogP contribution in [0.15, 0.2) is 12.1 Å². The maximum Gasteiger partial charge on any atom is 0.299 e. The van der Waals surface area contributed by atoms with E-state index >= 15 is 0 Å². The van der Waals surface area contributed by atoms with Gasteiger partial charge in [-0.1, -0.05) is 15.9 Å². The Kier molecular flexibility index (Phi) is 6.19. The molecule has 0 spiro atoms. The van der Waals surface area contributed by atoms with Gasteiger partial charge in [0.05, 0.1) is 22.5 Å². The molecule has 0 aliphatic heterocycles. The molecule has 1 rings (SSSR count). The van der Waals surface area contributed by atoms with Gasteiger partial charge < -0.3 is 15.7 Å². The number of amides is 1. The summed E-state index contributed by atoms with van der Waals surface area (Å²) in [4.78, 5) is 33.2. The van der Waals surface area contributed by atoms with Crippen molar-refractivity contribution in [3.05, 3.63) is 37.9 Å². The fourth-order valence-corrected chi connectivity index (χ4v) is 2.32. The van der Waals surface area contributed by atoms with Crippen molar-refractivity contribution in [3.63, 3.8) is 0 Å². The molecule has 120 valence electrons. The second-order valence-corrected chi connectivity index (χ2v) is 4.93. The molecule has 0 heterocycles. The molecule has 0 aliphatic rings. The van der Waals surface area contributed by atoms with E-state index in [1.165, 1.54) is 4.90 Å². The van der Waals surface area contributed by atoms with Gasteiger partial charge in [0.15, 0.2) is 0 Å². The number of aliphatic hydroxyl groups is 1. The highest BCUT2D eigenvalue weighted by molar-refractivity contribution is 9.09. The number of nitrogens with zero attached hydrogens (tertiary/aromatic N) is 3. The molecule has 10 nitrogen and oxygen atoms in total. The Labute approximate surface area is 132 Å². The second-order valence-electron chi connectivity index (χ2n) is 4.14. The van der Waals surface area contributed by atoms with Gasteiger partial charge in [0.1, 0.15) is 11.3 Å². The van der Waals surface area contributed by atoms with E-state index in [1.54, 1.807) is 0 Å². The summed E-state index contributed by atoms with van der Waals surface area (Å²) in [6, 6.07) is 1.71. The first-order valence-corrected chi connectivity index (χ1v) is 7.14. The summed E-state index contributed by atoms with van der Waals surface area (Å²) in [5, 5.41) is 31.6. The molecular weight excluding hydrogens is 364 g/mol. The van der Waals surface area contributed by atoms with Crippen molar-refractivity contribution >= 4 is 38.9 Å². The molecule has 0 saturated heterocycles. The lowest BCUT2D eigenvalue weighted by Gasteiger charge is -2.23. The van der Waals surface area contributed by atoms with Gasteiger partial charge in [0.25, 0.3) is 17.3 Å². The predicted octanol–water partition coefficient (Wildman–Crippen LogP) is 0.796. The Morgan fingerprint density at radius 1 is 1.23 bits per heavy atom. The molecule has 22 heavy (non-hydrogen) atoms. The van der Waals surface area contributed by atoms with Gasteiger partial charge in [0, 0.05) is 18.4 Å². The van der Waals surface area contributed by atoms with Crippen molar-refractivity contribution in [2.45, 2.75) is 0 Å². The largest absolute Gasteiger partial charge is 0.395 e. The zero-order chi connectivity index (χ0) is 16.9. The maximum atomic E-state index is 11.4. The van der Waals surface area contributed by atoms with E-state index < -0.39 is 32.7 Å². The van der Waals surface area contributed by atoms with Gasteiger partial charge in [-0.3, -0.25) is 25.0 Å². The lowest BCUT2D eigenvalue weighted by molar-refractivity contribution is -0.393. The first-order valence-electron chi connectivity index (χ1n) is 6.01. The summed E-state index contributed by atoms with van der Waals surface area (Å²) in [6.45, 7) is 0.0624. The van der Waals surface area contributed by atoms with Gasteiger partial charge in [0.2, 0.25) is 0 Å². The molecule has 0 bridgehead atoms. The lowest BCUT2D eigenvalue weighted by atomic mass is 10.1. The highest BCUT2D eigenvalue weighted by Gasteiger charge is 2.29. The van der Waals surface area contributed by atoms with Crippen LogP contribution in [0.1, 0.15) is 10.4 Å². The summed E-state index contributed by atoms with van der Waals surface area (Å²) in [6.07, 6.45) is 0. The minimum absolute atomic E-state index is 0.0158. The number of nitrogens with two attached hydrogens (primary N) is 1. The highest BCUT2D eigenvalue weighted by atomic mass is 79.9. The third-order valence-corrected chi connectivity index (χ3v) is 3.17. The van der Waals surface area contributed by atoms with Crippen LogP contribution < -0.4 is 10.6 Å². The van der Waals surface area contributed by atoms with Crippen molar-refractivity contribution in [2.24, 2.45) is 5.73 Å².